The summed E-state index contributed by atoms with van der Waals surface area (Å²) in [6.45, 7) is 2.07. The van der Waals surface area contributed by atoms with E-state index >= 15 is 0 Å². The number of aromatic nitrogens is 4. The molecular weight excluding hydrogens is 204 g/mol. The average molecular weight is 218 g/mol. The van der Waals surface area contributed by atoms with Gasteiger partial charge < -0.3 is 10.6 Å². The fraction of sp³-hybridized carbons (Fsp3) is 0.500. The number of nitrogens with zero attached hydrogens (tertiary/aromatic N) is 4. The van der Waals surface area contributed by atoms with Crippen molar-refractivity contribution in [3.05, 3.63) is 6.33 Å². The Morgan fingerprint density at radius 2 is 2.00 bits per heavy atom. The first-order valence-electron chi connectivity index (χ1n) is 5.56. The molecule has 0 saturated carbocycles. The summed E-state index contributed by atoms with van der Waals surface area (Å²) in [6, 6.07) is 0. The van der Waals surface area contributed by atoms with Crippen molar-refractivity contribution in [2.75, 3.05) is 23.7 Å². The fourth-order valence-electron chi connectivity index (χ4n) is 2.20. The summed E-state index contributed by atoms with van der Waals surface area (Å²) in [7, 11) is 0. The summed E-state index contributed by atoms with van der Waals surface area (Å²) in [5.41, 5.74) is 6.59. The van der Waals surface area contributed by atoms with Gasteiger partial charge in [-0.25, -0.2) is 9.97 Å². The minimum Gasteiger partial charge on any atom is -0.383 e. The van der Waals surface area contributed by atoms with Gasteiger partial charge in [0.15, 0.2) is 11.5 Å². The molecule has 0 unspecified atom stereocenters. The minimum absolute atomic E-state index is 0.499. The van der Waals surface area contributed by atoms with Crippen molar-refractivity contribution < 1.29 is 0 Å². The van der Waals surface area contributed by atoms with E-state index < -0.39 is 0 Å². The number of fused-ring (bicyclic) bond motifs is 1. The van der Waals surface area contributed by atoms with Crippen LogP contribution in [0.25, 0.3) is 11.0 Å². The summed E-state index contributed by atoms with van der Waals surface area (Å²) >= 11 is 0. The van der Waals surface area contributed by atoms with Crippen molar-refractivity contribution >= 4 is 22.7 Å². The third-order valence-corrected chi connectivity index (χ3v) is 3.02. The lowest BCUT2D eigenvalue weighted by Gasteiger charge is -2.26. The Kier molecular flexibility index (Phi) is 2.12. The van der Waals surface area contributed by atoms with Gasteiger partial charge in [0.05, 0.1) is 0 Å². The number of nitrogen functional groups attached to an aromatic ring is 1. The molecule has 84 valence electrons. The molecule has 2 aromatic heterocycles. The first-order valence-corrected chi connectivity index (χ1v) is 5.56. The molecule has 6 nitrogen and oxygen atoms in total. The van der Waals surface area contributed by atoms with Crippen LogP contribution < -0.4 is 10.6 Å². The summed E-state index contributed by atoms with van der Waals surface area (Å²) in [5, 5.41) is 8.05. The van der Waals surface area contributed by atoms with E-state index in [9.17, 15) is 0 Å². The second-order valence-corrected chi connectivity index (χ2v) is 4.08. The largest absolute Gasteiger partial charge is 0.383 e. The van der Waals surface area contributed by atoms with Gasteiger partial charge in [-0.15, -0.1) is 0 Å². The van der Waals surface area contributed by atoms with E-state index in [4.69, 9.17) is 5.73 Å². The molecule has 0 amide bonds. The van der Waals surface area contributed by atoms with E-state index in [-0.39, 0.29) is 0 Å². The Labute approximate surface area is 92.9 Å². The molecule has 1 aliphatic heterocycles. The van der Waals surface area contributed by atoms with Crippen LogP contribution in [0, 0.1) is 0 Å². The normalized spacial score (nSPS) is 16.9. The molecule has 2 aromatic rings. The van der Waals surface area contributed by atoms with E-state index in [0.29, 0.717) is 11.5 Å². The van der Waals surface area contributed by atoms with Gasteiger partial charge in [0.1, 0.15) is 17.5 Å². The van der Waals surface area contributed by atoms with Crippen LogP contribution in [-0.2, 0) is 0 Å². The maximum Gasteiger partial charge on any atom is 0.163 e. The second-order valence-electron chi connectivity index (χ2n) is 4.08. The third-order valence-electron chi connectivity index (χ3n) is 3.02. The number of hydrogen-bond donors (Lipinski definition) is 2. The Morgan fingerprint density at radius 1 is 1.19 bits per heavy atom. The number of H-pyrrole nitrogens is 1. The Bertz CT molecular complexity index is 499. The lowest BCUT2D eigenvalue weighted by atomic mass is 10.1. The lowest BCUT2D eigenvalue weighted by Crippen LogP contribution is -2.29. The standard InChI is InChI=1S/C10H14N6/c11-8-7-9(13-6-12-8)14-15-10(7)16-4-2-1-3-5-16/h6H,1-5H2,(H3,11,12,13,14,15). The van der Waals surface area contributed by atoms with Crippen molar-refractivity contribution in [2.45, 2.75) is 19.3 Å². The molecule has 1 aliphatic rings. The molecule has 0 aliphatic carbocycles. The van der Waals surface area contributed by atoms with Crippen LogP contribution in [-0.4, -0.2) is 33.3 Å². The zero-order chi connectivity index (χ0) is 11.0. The van der Waals surface area contributed by atoms with Crippen LogP contribution >= 0.6 is 0 Å². The second kappa shape index (κ2) is 3.62. The Balaban J connectivity index is 2.09. The van der Waals surface area contributed by atoms with E-state index in [1.54, 1.807) is 0 Å². The maximum atomic E-state index is 5.87. The van der Waals surface area contributed by atoms with Gasteiger partial charge in [0.2, 0.25) is 0 Å². The molecule has 0 atom stereocenters. The van der Waals surface area contributed by atoms with Gasteiger partial charge in [-0.2, -0.15) is 5.10 Å². The molecule has 0 radical (unpaired) electrons. The highest BCUT2D eigenvalue weighted by atomic mass is 15.3. The Morgan fingerprint density at radius 3 is 2.81 bits per heavy atom. The number of nitrogens with two attached hydrogens (primary N) is 1. The topological polar surface area (TPSA) is 83.7 Å². The zero-order valence-corrected chi connectivity index (χ0v) is 8.98. The number of rotatable bonds is 1. The van der Waals surface area contributed by atoms with Crippen molar-refractivity contribution in [1.82, 2.24) is 20.2 Å². The van der Waals surface area contributed by atoms with E-state index in [1.165, 1.54) is 25.6 Å². The molecule has 3 heterocycles. The predicted octanol–water partition coefficient (Wildman–Crippen LogP) is 0.925. The van der Waals surface area contributed by atoms with Crippen molar-refractivity contribution in [3.63, 3.8) is 0 Å². The number of hydrogen-bond acceptors (Lipinski definition) is 5. The van der Waals surface area contributed by atoms with Gasteiger partial charge >= 0.3 is 0 Å². The zero-order valence-electron chi connectivity index (χ0n) is 8.98. The van der Waals surface area contributed by atoms with E-state index in [1.807, 2.05) is 0 Å². The summed E-state index contributed by atoms with van der Waals surface area (Å²) in [6.07, 6.45) is 5.17. The molecule has 0 bridgehead atoms. The smallest absolute Gasteiger partial charge is 0.163 e. The van der Waals surface area contributed by atoms with Crippen LogP contribution in [0.1, 0.15) is 19.3 Å². The predicted molar refractivity (Wildman–Crippen MR) is 62.2 cm³/mol. The highest BCUT2D eigenvalue weighted by Gasteiger charge is 2.18. The third kappa shape index (κ3) is 1.37. The van der Waals surface area contributed by atoms with Crippen LogP contribution in [0.3, 0.4) is 0 Å². The Hall–Kier alpha value is -1.85. The number of aromatic amines is 1. The van der Waals surface area contributed by atoms with Crippen LogP contribution in [0.2, 0.25) is 0 Å². The number of nitrogens with one attached hydrogen (secondary N) is 1. The SMILES string of the molecule is Nc1ncnc2[nH]nc(N3CCCCC3)c12. The highest BCUT2D eigenvalue weighted by molar-refractivity contribution is 5.95. The lowest BCUT2D eigenvalue weighted by molar-refractivity contribution is 0.574. The highest BCUT2D eigenvalue weighted by Crippen LogP contribution is 2.28. The van der Waals surface area contributed by atoms with Crippen molar-refractivity contribution in [2.24, 2.45) is 0 Å². The van der Waals surface area contributed by atoms with Crippen LogP contribution in [0.4, 0.5) is 11.6 Å². The molecule has 3 N–H and O–H groups in total. The maximum absolute atomic E-state index is 5.87. The molecule has 0 aromatic carbocycles. The molecular formula is C10H14N6. The van der Waals surface area contributed by atoms with Gasteiger partial charge in [-0.05, 0) is 19.3 Å². The molecule has 6 heteroatoms. The van der Waals surface area contributed by atoms with E-state index in [0.717, 1.165) is 24.3 Å². The summed E-state index contributed by atoms with van der Waals surface area (Å²) < 4.78 is 0. The van der Waals surface area contributed by atoms with Crippen molar-refractivity contribution in [3.8, 4) is 0 Å². The van der Waals surface area contributed by atoms with Gasteiger partial charge in [0.25, 0.3) is 0 Å². The number of piperidine rings is 1. The van der Waals surface area contributed by atoms with Crippen molar-refractivity contribution in [1.29, 1.82) is 0 Å². The monoisotopic (exact) mass is 218 g/mol. The first kappa shape index (κ1) is 9.38. The fourth-order valence-corrected chi connectivity index (χ4v) is 2.20. The first-order chi connectivity index (χ1) is 7.86. The quantitative estimate of drug-likeness (QED) is 0.743. The van der Waals surface area contributed by atoms with Gasteiger partial charge in [0, 0.05) is 13.1 Å². The average Bonchev–Trinajstić information content (AvgIpc) is 2.75. The minimum atomic E-state index is 0.499. The number of anilines is 2. The van der Waals surface area contributed by atoms with Crippen LogP contribution in [0.5, 0.6) is 0 Å². The van der Waals surface area contributed by atoms with Gasteiger partial charge in [-0.3, -0.25) is 5.10 Å². The summed E-state index contributed by atoms with van der Waals surface area (Å²) in [4.78, 5) is 10.4. The molecule has 3 rings (SSSR count). The van der Waals surface area contributed by atoms with E-state index in [2.05, 4.69) is 25.1 Å². The summed E-state index contributed by atoms with van der Waals surface area (Å²) in [5.74, 6) is 1.40. The molecule has 16 heavy (non-hydrogen) atoms. The molecule has 1 fully saturated rings. The van der Waals surface area contributed by atoms with Crippen LogP contribution in [0.15, 0.2) is 6.33 Å². The van der Waals surface area contributed by atoms with Gasteiger partial charge in [-0.1, -0.05) is 0 Å². The molecule has 0 spiro atoms. The molecule has 1 saturated heterocycles.